The number of aryl methyl sites for hydroxylation is 1. The van der Waals surface area contributed by atoms with Gasteiger partial charge in [-0.05, 0) is 54.3 Å². The molecule has 1 aromatic heterocycles. The second kappa shape index (κ2) is 11.0. The van der Waals surface area contributed by atoms with Crippen LogP contribution in [-0.2, 0) is 17.8 Å². The number of carbonyl (C=O) groups excluding carboxylic acids is 1. The number of aromatic nitrogens is 1. The standard InChI is InChI=1S/C26H25N3O3.C2H6/c1-17-24-23(16-31-26(2,3)32-24)22(15-29-17)12-13-28-25(30)21-10-8-20(9-11-21)19-6-4-18(14-27)5-7-19;1-2/h4-11,15H,12-13,16H2,1-3H3,(H,28,30);1-2H3. The number of hydrogen-bond acceptors (Lipinski definition) is 5. The Morgan fingerprint density at radius 2 is 1.71 bits per heavy atom. The number of nitrogens with zero attached hydrogens (tertiary/aromatic N) is 2. The number of fused-ring (bicyclic) bond motifs is 1. The van der Waals surface area contributed by atoms with Crippen molar-refractivity contribution in [3.05, 3.63) is 82.7 Å². The summed E-state index contributed by atoms with van der Waals surface area (Å²) in [6.07, 6.45) is 2.47. The molecule has 1 aliphatic rings. The van der Waals surface area contributed by atoms with Gasteiger partial charge in [-0.15, -0.1) is 0 Å². The number of pyridine rings is 1. The molecule has 0 unspecified atom stereocenters. The Morgan fingerprint density at radius 3 is 2.32 bits per heavy atom. The second-order valence-corrected chi connectivity index (χ2v) is 8.24. The summed E-state index contributed by atoms with van der Waals surface area (Å²) in [6, 6.07) is 16.9. The van der Waals surface area contributed by atoms with Gasteiger partial charge in [-0.25, -0.2) is 0 Å². The van der Waals surface area contributed by atoms with Crippen molar-refractivity contribution in [2.45, 2.75) is 53.4 Å². The number of carbonyl (C=O) groups is 1. The van der Waals surface area contributed by atoms with Gasteiger partial charge in [0.15, 0.2) is 0 Å². The summed E-state index contributed by atoms with van der Waals surface area (Å²) in [6.45, 7) is 10.6. The summed E-state index contributed by atoms with van der Waals surface area (Å²) in [7, 11) is 0. The van der Waals surface area contributed by atoms with E-state index < -0.39 is 5.79 Å². The van der Waals surface area contributed by atoms with Crippen molar-refractivity contribution in [2.24, 2.45) is 0 Å². The van der Waals surface area contributed by atoms with E-state index in [9.17, 15) is 4.79 Å². The molecule has 4 rings (SSSR count). The molecule has 0 atom stereocenters. The zero-order valence-corrected chi connectivity index (χ0v) is 20.4. The minimum Gasteiger partial charge on any atom is -0.461 e. The molecular weight excluding hydrogens is 426 g/mol. The molecule has 6 nitrogen and oxygen atoms in total. The van der Waals surface area contributed by atoms with Gasteiger partial charge in [0, 0.05) is 37.7 Å². The molecule has 0 aliphatic carbocycles. The van der Waals surface area contributed by atoms with Gasteiger partial charge in [-0.2, -0.15) is 5.26 Å². The summed E-state index contributed by atoms with van der Waals surface area (Å²) in [4.78, 5) is 17.0. The summed E-state index contributed by atoms with van der Waals surface area (Å²) in [5, 5.41) is 11.9. The van der Waals surface area contributed by atoms with E-state index in [2.05, 4.69) is 16.4 Å². The molecule has 0 spiro atoms. The molecule has 1 aliphatic heterocycles. The molecule has 3 aromatic rings. The molecule has 2 heterocycles. The third-order valence-electron chi connectivity index (χ3n) is 5.49. The van der Waals surface area contributed by atoms with Crippen LogP contribution in [0.3, 0.4) is 0 Å². The number of rotatable bonds is 5. The third-order valence-corrected chi connectivity index (χ3v) is 5.49. The summed E-state index contributed by atoms with van der Waals surface area (Å²) < 4.78 is 11.8. The topological polar surface area (TPSA) is 84.2 Å². The molecule has 6 heteroatoms. The largest absolute Gasteiger partial charge is 0.461 e. The van der Waals surface area contributed by atoms with Crippen molar-refractivity contribution < 1.29 is 14.3 Å². The van der Waals surface area contributed by atoms with Crippen LogP contribution in [0.4, 0.5) is 0 Å². The van der Waals surface area contributed by atoms with E-state index in [0.29, 0.717) is 30.7 Å². The fraction of sp³-hybridized carbons (Fsp3) is 0.321. The molecule has 0 saturated carbocycles. The Bertz CT molecular complexity index is 1180. The van der Waals surface area contributed by atoms with Gasteiger partial charge in [0.1, 0.15) is 5.75 Å². The third kappa shape index (κ3) is 5.81. The average Bonchev–Trinajstić information content (AvgIpc) is 2.86. The SMILES string of the molecule is CC.Cc1ncc(CCNC(=O)c2ccc(-c3ccc(C#N)cc3)cc2)c2c1OC(C)(C)OC2. The van der Waals surface area contributed by atoms with Gasteiger partial charge in [-0.3, -0.25) is 9.78 Å². The molecule has 176 valence electrons. The van der Waals surface area contributed by atoms with E-state index >= 15 is 0 Å². The first-order valence-electron chi connectivity index (χ1n) is 11.6. The van der Waals surface area contributed by atoms with Gasteiger partial charge in [0.05, 0.1) is 23.9 Å². The minimum atomic E-state index is -0.670. The van der Waals surface area contributed by atoms with E-state index in [4.69, 9.17) is 14.7 Å². The highest BCUT2D eigenvalue weighted by molar-refractivity contribution is 5.94. The number of benzene rings is 2. The van der Waals surface area contributed by atoms with Crippen molar-refractivity contribution in [3.8, 4) is 22.9 Å². The predicted octanol–water partition coefficient (Wildman–Crippen LogP) is 5.57. The molecule has 0 fully saturated rings. The van der Waals surface area contributed by atoms with Crippen LogP contribution in [0.2, 0.25) is 0 Å². The maximum atomic E-state index is 12.6. The highest BCUT2D eigenvalue weighted by atomic mass is 16.7. The summed E-state index contributed by atoms with van der Waals surface area (Å²) in [5.74, 6) is -0.0154. The van der Waals surface area contributed by atoms with Crippen LogP contribution in [0.15, 0.2) is 54.7 Å². The Kier molecular flexibility index (Phi) is 8.04. The van der Waals surface area contributed by atoms with Crippen molar-refractivity contribution in [2.75, 3.05) is 6.54 Å². The lowest BCUT2D eigenvalue weighted by molar-refractivity contribution is -0.180. The number of ether oxygens (including phenoxy) is 2. The predicted molar refractivity (Wildman–Crippen MR) is 132 cm³/mol. The Labute approximate surface area is 201 Å². The fourth-order valence-electron chi connectivity index (χ4n) is 3.67. The summed E-state index contributed by atoms with van der Waals surface area (Å²) >= 11 is 0. The zero-order valence-electron chi connectivity index (χ0n) is 20.4. The van der Waals surface area contributed by atoms with E-state index in [1.165, 1.54) is 0 Å². The van der Waals surface area contributed by atoms with Crippen LogP contribution < -0.4 is 10.1 Å². The number of nitriles is 1. The lowest BCUT2D eigenvalue weighted by Crippen LogP contribution is -2.36. The Hall–Kier alpha value is -3.69. The lowest BCUT2D eigenvalue weighted by Gasteiger charge is -2.34. The maximum Gasteiger partial charge on any atom is 0.251 e. The number of amides is 1. The molecular formula is C28H31N3O3. The van der Waals surface area contributed by atoms with Crippen LogP contribution in [-0.4, -0.2) is 23.2 Å². The van der Waals surface area contributed by atoms with Crippen molar-refractivity contribution >= 4 is 5.91 Å². The maximum absolute atomic E-state index is 12.6. The number of hydrogen-bond donors (Lipinski definition) is 1. The van der Waals surface area contributed by atoms with Crippen molar-refractivity contribution in [3.63, 3.8) is 0 Å². The van der Waals surface area contributed by atoms with Crippen molar-refractivity contribution in [1.82, 2.24) is 10.3 Å². The van der Waals surface area contributed by atoms with Crippen LogP contribution >= 0.6 is 0 Å². The molecule has 34 heavy (non-hydrogen) atoms. The molecule has 0 bridgehead atoms. The van der Waals surface area contributed by atoms with Crippen LogP contribution in [0.1, 0.15) is 60.4 Å². The van der Waals surface area contributed by atoms with Crippen LogP contribution in [0, 0.1) is 18.3 Å². The van der Waals surface area contributed by atoms with E-state index in [-0.39, 0.29) is 5.91 Å². The van der Waals surface area contributed by atoms with Gasteiger partial charge in [-0.1, -0.05) is 38.1 Å². The van der Waals surface area contributed by atoms with E-state index in [0.717, 1.165) is 33.7 Å². The van der Waals surface area contributed by atoms with Gasteiger partial charge < -0.3 is 14.8 Å². The quantitative estimate of drug-likeness (QED) is 0.541. The Balaban J connectivity index is 0.00000158. The van der Waals surface area contributed by atoms with Gasteiger partial charge >= 0.3 is 0 Å². The van der Waals surface area contributed by atoms with Crippen LogP contribution in [0.5, 0.6) is 5.75 Å². The van der Waals surface area contributed by atoms with Gasteiger partial charge in [0.25, 0.3) is 5.91 Å². The van der Waals surface area contributed by atoms with Gasteiger partial charge in [0.2, 0.25) is 5.79 Å². The summed E-state index contributed by atoms with van der Waals surface area (Å²) in [5.41, 5.74) is 6.06. The van der Waals surface area contributed by atoms with E-state index in [1.807, 2.05) is 77.2 Å². The van der Waals surface area contributed by atoms with E-state index in [1.54, 1.807) is 12.1 Å². The lowest BCUT2D eigenvalue weighted by atomic mass is 10.0. The smallest absolute Gasteiger partial charge is 0.251 e. The molecule has 1 N–H and O–H groups in total. The monoisotopic (exact) mass is 457 g/mol. The first kappa shape index (κ1) is 24.9. The first-order chi connectivity index (χ1) is 16.4. The molecule has 0 saturated heterocycles. The average molecular weight is 458 g/mol. The molecule has 2 aromatic carbocycles. The highest BCUT2D eigenvalue weighted by Gasteiger charge is 2.30. The minimum absolute atomic E-state index is 0.126. The first-order valence-corrected chi connectivity index (χ1v) is 11.6. The molecule has 0 radical (unpaired) electrons. The second-order valence-electron chi connectivity index (χ2n) is 8.24. The zero-order chi connectivity index (χ0) is 24.7. The fourth-order valence-corrected chi connectivity index (χ4v) is 3.67. The highest BCUT2D eigenvalue weighted by Crippen LogP contribution is 2.35. The van der Waals surface area contributed by atoms with Crippen molar-refractivity contribution in [1.29, 1.82) is 5.26 Å². The Morgan fingerprint density at radius 1 is 1.09 bits per heavy atom. The molecule has 1 amide bonds. The normalized spacial score (nSPS) is 13.4. The van der Waals surface area contributed by atoms with Crippen LogP contribution in [0.25, 0.3) is 11.1 Å². The number of nitrogens with one attached hydrogen (secondary N) is 1.